The molecule has 106 valence electrons. The minimum atomic E-state index is -0.480. The van der Waals surface area contributed by atoms with E-state index in [1.165, 1.54) is 23.1 Å². The third-order valence-corrected chi connectivity index (χ3v) is 3.69. The van der Waals surface area contributed by atoms with Crippen molar-refractivity contribution in [2.45, 2.75) is 0 Å². The van der Waals surface area contributed by atoms with Crippen LogP contribution in [-0.2, 0) is 4.74 Å². The number of carbonyl (C=O) groups excluding carboxylic acids is 1. The number of thiazole rings is 1. The Kier molecular flexibility index (Phi) is 3.41. The number of nitrogens with zero attached hydrogens (tertiary/aromatic N) is 3. The molecular weight excluding hydrogens is 288 g/mol. The Labute approximate surface area is 124 Å². The Balaban J connectivity index is 1.98. The van der Waals surface area contributed by atoms with Gasteiger partial charge in [-0.2, -0.15) is 9.78 Å². The van der Waals surface area contributed by atoms with Gasteiger partial charge in [-0.3, -0.25) is 0 Å². The van der Waals surface area contributed by atoms with Crippen LogP contribution in [0.25, 0.3) is 16.4 Å². The lowest BCUT2D eigenvalue weighted by Gasteiger charge is -1.98. The van der Waals surface area contributed by atoms with E-state index >= 15 is 0 Å². The maximum absolute atomic E-state index is 11.4. The predicted octanol–water partition coefficient (Wildman–Crippen LogP) is 2.36. The number of anilines is 1. The Morgan fingerprint density at radius 3 is 2.81 bits per heavy atom. The number of hydrogen-bond acceptors (Lipinski definition) is 6. The minimum Gasteiger partial charge on any atom is -0.464 e. The van der Waals surface area contributed by atoms with Gasteiger partial charge >= 0.3 is 5.97 Å². The first-order valence-corrected chi connectivity index (χ1v) is 7.02. The fraction of sp³-hybridized carbons (Fsp3) is 0.0714. The zero-order valence-electron chi connectivity index (χ0n) is 11.2. The fourth-order valence-corrected chi connectivity index (χ4v) is 2.62. The normalized spacial score (nSPS) is 10.5. The molecule has 2 heterocycles. The summed E-state index contributed by atoms with van der Waals surface area (Å²) in [7, 11) is 1.32. The van der Waals surface area contributed by atoms with Crippen LogP contribution in [0.3, 0.4) is 0 Å². The first kappa shape index (κ1) is 13.3. The van der Waals surface area contributed by atoms with Crippen LogP contribution in [-0.4, -0.2) is 27.8 Å². The van der Waals surface area contributed by atoms with E-state index in [1.54, 1.807) is 11.4 Å². The van der Waals surface area contributed by atoms with Crippen molar-refractivity contribution in [2.24, 2.45) is 0 Å². The standard InChI is InChI=1S/C14H12N4O2S/c1-20-13(19)11-8-21-14(16-11)18-12(15)7-10(17-18)9-5-3-2-4-6-9/h2-8H,15H2,1H3. The first-order chi connectivity index (χ1) is 10.2. The number of benzene rings is 1. The summed E-state index contributed by atoms with van der Waals surface area (Å²) < 4.78 is 6.15. The van der Waals surface area contributed by atoms with Crippen LogP contribution in [0.2, 0.25) is 0 Å². The highest BCUT2D eigenvalue weighted by Gasteiger charge is 2.15. The Morgan fingerprint density at radius 2 is 2.10 bits per heavy atom. The highest BCUT2D eigenvalue weighted by Crippen LogP contribution is 2.24. The Morgan fingerprint density at radius 1 is 1.33 bits per heavy atom. The number of nitrogens with two attached hydrogens (primary N) is 1. The molecule has 2 aromatic heterocycles. The van der Waals surface area contributed by atoms with Crippen molar-refractivity contribution < 1.29 is 9.53 Å². The number of aromatic nitrogens is 3. The van der Waals surface area contributed by atoms with Gasteiger partial charge < -0.3 is 10.5 Å². The molecule has 0 amide bonds. The third-order valence-electron chi connectivity index (χ3n) is 2.87. The highest BCUT2D eigenvalue weighted by molar-refractivity contribution is 7.12. The Hall–Kier alpha value is -2.67. The van der Waals surface area contributed by atoms with Crippen LogP contribution < -0.4 is 5.73 Å². The molecule has 21 heavy (non-hydrogen) atoms. The predicted molar refractivity (Wildman–Crippen MR) is 80.4 cm³/mol. The van der Waals surface area contributed by atoms with Crippen LogP contribution in [0.1, 0.15) is 10.5 Å². The molecule has 0 fully saturated rings. The monoisotopic (exact) mass is 300 g/mol. The van der Waals surface area contributed by atoms with Gasteiger partial charge in [0.1, 0.15) is 5.82 Å². The summed E-state index contributed by atoms with van der Waals surface area (Å²) >= 11 is 1.28. The van der Waals surface area contributed by atoms with E-state index in [4.69, 9.17) is 5.73 Å². The van der Waals surface area contributed by atoms with Gasteiger partial charge in [0.05, 0.1) is 12.8 Å². The molecule has 0 aliphatic carbocycles. The molecule has 0 radical (unpaired) electrons. The maximum Gasteiger partial charge on any atom is 0.357 e. The van der Waals surface area contributed by atoms with E-state index in [9.17, 15) is 4.79 Å². The quantitative estimate of drug-likeness (QED) is 0.751. The van der Waals surface area contributed by atoms with Crippen LogP contribution in [0.15, 0.2) is 41.8 Å². The molecule has 0 aliphatic heterocycles. The van der Waals surface area contributed by atoms with Gasteiger partial charge in [0.15, 0.2) is 5.69 Å². The van der Waals surface area contributed by atoms with Gasteiger partial charge in [0.2, 0.25) is 5.13 Å². The minimum absolute atomic E-state index is 0.244. The molecule has 0 bridgehead atoms. The van der Waals surface area contributed by atoms with Crippen molar-refractivity contribution in [1.29, 1.82) is 0 Å². The average molecular weight is 300 g/mol. The molecule has 3 aromatic rings. The van der Waals surface area contributed by atoms with Gasteiger partial charge in [-0.25, -0.2) is 9.78 Å². The van der Waals surface area contributed by atoms with Gasteiger partial charge in [0.25, 0.3) is 0 Å². The summed E-state index contributed by atoms with van der Waals surface area (Å²) in [5, 5.41) is 6.58. The molecule has 3 rings (SSSR count). The van der Waals surface area contributed by atoms with Crippen molar-refractivity contribution in [2.75, 3.05) is 12.8 Å². The summed E-state index contributed by atoms with van der Waals surface area (Å²) in [6, 6.07) is 11.5. The zero-order valence-corrected chi connectivity index (χ0v) is 12.0. The molecule has 0 unspecified atom stereocenters. The van der Waals surface area contributed by atoms with Crippen molar-refractivity contribution >= 4 is 23.1 Å². The number of ether oxygens (including phenoxy) is 1. The first-order valence-electron chi connectivity index (χ1n) is 6.14. The van der Waals surface area contributed by atoms with Crippen molar-refractivity contribution in [3.63, 3.8) is 0 Å². The van der Waals surface area contributed by atoms with Gasteiger partial charge in [-0.1, -0.05) is 30.3 Å². The molecule has 0 atom stereocenters. The number of rotatable bonds is 3. The van der Waals surface area contributed by atoms with E-state index in [0.717, 1.165) is 11.3 Å². The second kappa shape index (κ2) is 5.37. The van der Waals surface area contributed by atoms with E-state index in [0.29, 0.717) is 10.9 Å². The molecule has 2 N–H and O–H groups in total. The second-order valence-corrected chi connectivity index (χ2v) is 5.08. The summed E-state index contributed by atoms with van der Waals surface area (Å²) in [4.78, 5) is 15.6. The van der Waals surface area contributed by atoms with E-state index in [2.05, 4.69) is 14.8 Å². The summed E-state index contributed by atoms with van der Waals surface area (Å²) in [5.41, 5.74) is 7.94. The van der Waals surface area contributed by atoms with Gasteiger partial charge in [-0.05, 0) is 0 Å². The largest absolute Gasteiger partial charge is 0.464 e. The SMILES string of the molecule is COC(=O)c1csc(-n2nc(-c3ccccc3)cc2N)n1. The lowest BCUT2D eigenvalue weighted by Crippen LogP contribution is -2.04. The summed E-state index contributed by atoms with van der Waals surface area (Å²) in [6.45, 7) is 0. The Bertz CT molecular complexity index is 779. The molecular formula is C14H12N4O2S. The molecule has 1 aromatic carbocycles. The molecule has 6 nitrogen and oxygen atoms in total. The number of esters is 1. The number of methoxy groups -OCH3 is 1. The topological polar surface area (TPSA) is 83.0 Å². The van der Waals surface area contributed by atoms with Crippen molar-refractivity contribution in [3.05, 3.63) is 47.5 Å². The lowest BCUT2D eigenvalue weighted by molar-refractivity contribution is 0.0595. The average Bonchev–Trinajstić information content (AvgIpc) is 3.14. The van der Waals surface area contributed by atoms with Gasteiger partial charge in [0, 0.05) is 17.0 Å². The highest BCUT2D eigenvalue weighted by atomic mass is 32.1. The molecule has 0 aliphatic rings. The number of nitrogen functional groups attached to an aromatic ring is 1. The van der Waals surface area contributed by atoms with E-state index in [-0.39, 0.29) is 5.69 Å². The molecule has 7 heteroatoms. The van der Waals surface area contributed by atoms with Crippen molar-refractivity contribution in [3.8, 4) is 16.4 Å². The smallest absolute Gasteiger partial charge is 0.357 e. The fourth-order valence-electron chi connectivity index (χ4n) is 1.86. The number of hydrogen-bond donors (Lipinski definition) is 1. The second-order valence-electron chi connectivity index (χ2n) is 4.24. The van der Waals surface area contributed by atoms with Crippen LogP contribution in [0, 0.1) is 0 Å². The van der Waals surface area contributed by atoms with Crippen LogP contribution >= 0.6 is 11.3 Å². The van der Waals surface area contributed by atoms with Crippen LogP contribution in [0.4, 0.5) is 5.82 Å². The van der Waals surface area contributed by atoms with Crippen LogP contribution in [0.5, 0.6) is 0 Å². The zero-order chi connectivity index (χ0) is 14.8. The number of carbonyl (C=O) groups is 1. The molecule has 0 spiro atoms. The molecule has 0 saturated heterocycles. The van der Waals surface area contributed by atoms with Crippen molar-refractivity contribution in [1.82, 2.24) is 14.8 Å². The lowest BCUT2D eigenvalue weighted by atomic mass is 10.2. The van der Waals surface area contributed by atoms with E-state index < -0.39 is 5.97 Å². The third kappa shape index (κ3) is 2.50. The summed E-state index contributed by atoms with van der Waals surface area (Å²) in [6.07, 6.45) is 0. The van der Waals surface area contributed by atoms with E-state index in [1.807, 2.05) is 30.3 Å². The molecule has 0 saturated carbocycles. The van der Waals surface area contributed by atoms with Gasteiger partial charge in [-0.15, -0.1) is 11.3 Å². The summed E-state index contributed by atoms with van der Waals surface area (Å²) in [5.74, 6) is -0.0221. The maximum atomic E-state index is 11.4.